The summed E-state index contributed by atoms with van der Waals surface area (Å²) >= 11 is 6.36. The Morgan fingerprint density at radius 2 is 1.94 bits per heavy atom. The molecule has 2 aliphatic heterocycles. The lowest BCUT2D eigenvalue weighted by Gasteiger charge is -2.49. The number of nitrogens with one attached hydrogen (secondary N) is 1. The predicted molar refractivity (Wildman–Crippen MR) is 185 cm³/mol. The van der Waals surface area contributed by atoms with Crippen molar-refractivity contribution in [3.8, 4) is 5.75 Å². The molecule has 0 spiro atoms. The van der Waals surface area contributed by atoms with Gasteiger partial charge in [0.2, 0.25) is 21.8 Å². The normalized spacial score (nSPS) is 28.4. The minimum atomic E-state index is -3.98. The maximum absolute atomic E-state index is 13.5. The van der Waals surface area contributed by atoms with Crippen molar-refractivity contribution in [1.29, 1.82) is 0 Å². The van der Waals surface area contributed by atoms with Gasteiger partial charge in [0.15, 0.2) is 0 Å². The summed E-state index contributed by atoms with van der Waals surface area (Å²) in [7, 11) is -2.26. The number of carbonyl (C=O) groups excluding carboxylic acids is 1. The first-order chi connectivity index (χ1) is 23.0. The lowest BCUT2D eigenvalue weighted by atomic mass is 9.63. The number of allylic oxidation sites excluding steroid dienone is 1. The molecule has 0 unspecified atom stereocenters. The first-order valence-electron chi connectivity index (χ1n) is 16.8. The predicted octanol–water partition coefficient (Wildman–Crippen LogP) is 6.45. The van der Waals surface area contributed by atoms with Gasteiger partial charge in [-0.05, 0) is 105 Å². The lowest BCUT2D eigenvalue weighted by Crippen LogP contribution is -2.52. The molecule has 3 heterocycles. The van der Waals surface area contributed by atoms with E-state index in [9.17, 15) is 13.2 Å². The molecule has 1 amide bonds. The van der Waals surface area contributed by atoms with E-state index >= 15 is 0 Å². The van der Waals surface area contributed by atoms with Gasteiger partial charge in [0.1, 0.15) is 12.4 Å². The van der Waals surface area contributed by atoms with Gasteiger partial charge in [-0.25, -0.2) is 13.1 Å². The van der Waals surface area contributed by atoms with Crippen LogP contribution in [0, 0.1) is 24.7 Å². The number of fused-ring (bicyclic) bond motifs is 3. The molecular formula is C36H45ClN4O6S. The third-order valence-corrected chi connectivity index (χ3v) is 12.7. The van der Waals surface area contributed by atoms with E-state index in [-0.39, 0.29) is 23.3 Å². The fourth-order valence-electron chi connectivity index (χ4n) is 7.30. The smallest absolute Gasteiger partial charge is 0.264 e. The van der Waals surface area contributed by atoms with Gasteiger partial charge >= 0.3 is 0 Å². The van der Waals surface area contributed by atoms with Gasteiger partial charge in [0.05, 0.1) is 23.0 Å². The van der Waals surface area contributed by atoms with Crippen LogP contribution in [0.5, 0.6) is 5.75 Å². The minimum Gasteiger partial charge on any atom is -0.487 e. The van der Waals surface area contributed by atoms with Crippen molar-refractivity contribution in [2.45, 2.75) is 83.2 Å². The van der Waals surface area contributed by atoms with Gasteiger partial charge in [-0.2, -0.15) is 0 Å². The van der Waals surface area contributed by atoms with E-state index in [4.69, 9.17) is 25.5 Å². The molecule has 1 N–H and O–H groups in total. The number of hydrogen-bond donors (Lipinski definition) is 1. The lowest BCUT2D eigenvalue weighted by molar-refractivity contribution is -0.0776. The Labute approximate surface area is 288 Å². The zero-order chi connectivity index (χ0) is 34.1. The zero-order valence-corrected chi connectivity index (χ0v) is 29.6. The SMILES string of the molecule is CO[C@@]1(Cc2nnc(C)o2)/C=C/C[C@H](C)[C@@H](C)S(=O)(=O)NC(=O)c2ccc3c(c2)N(CCCCc2cc(Cl)ccc2CO3)C[C@@H]2CC[C@H]21. The molecule has 12 heteroatoms. The summed E-state index contributed by atoms with van der Waals surface area (Å²) in [5.41, 5.74) is 2.53. The number of carbonyl (C=O) groups is 1. The first kappa shape index (κ1) is 34.5. The molecule has 1 fully saturated rings. The Hall–Kier alpha value is -3.41. The summed E-state index contributed by atoms with van der Waals surface area (Å²) in [5, 5.41) is 8.25. The maximum Gasteiger partial charge on any atom is 0.264 e. The van der Waals surface area contributed by atoms with Gasteiger partial charge in [-0.15, -0.1) is 10.2 Å². The van der Waals surface area contributed by atoms with Gasteiger partial charge in [-0.3, -0.25) is 4.79 Å². The highest BCUT2D eigenvalue weighted by atomic mass is 35.5. The molecule has 1 saturated carbocycles. The molecule has 0 saturated heterocycles. The van der Waals surface area contributed by atoms with Crippen LogP contribution in [0.3, 0.4) is 0 Å². The second-order valence-corrected chi connectivity index (χ2v) is 16.1. The number of ether oxygens (including phenoxy) is 2. The van der Waals surface area contributed by atoms with E-state index in [0.29, 0.717) is 48.5 Å². The Bertz CT molecular complexity index is 1780. The van der Waals surface area contributed by atoms with Crippen molar-refractivity contribution in [2.75, 3.05) is 25.1 Å². The highest BCUT2D eigenvalue weighted by Crippen LogP contribution is 2.47. The Morgan fingerprint density at radius 1 is 1.10 bits per heavy atom. The van der Waals surface area contributed by atoms with Crippen molar-refractivity contribution < 1.29 is 27.1 Å². The second-order valence-electron chi connectivity index (χ2n) is 13.6. The van der Waals surface area contributed by atoms with Crippen LogP contribution < -0.4 is 14.4 Å². The van der Waals surface area contributed by atoms with E-state index in [1.807, 2.05) is 31.2 Å². The van der Waals surface area contributed by atoms with Gasteiger partial charge < -0.3 is 18.8 Å². The number of aromatic nitrogens is 2. The number of amides is 1. The van der Waals surface area contributed by atoms with Crippen molar-refractivity contribution in [2.24, 2.45) is 17.8 Å². The van der Waals surface area contributed by atoms with Crippen LogP contribution >= 0.6 is 11.6 Å². The number of halogens is 1. The quantitative estimate of drug-likeness (QED) is 0.308. The second kappa shape index (κ2) is 14.2. The van der Waals surface area contributed by atoms with Gasteiger partial charge in [-0.1, -0.05) is 36.7 Å². The van der Waals surface area contributed by atoms with Crippen LogP contribution in [0.1, 0.15) is 79.2 Å². The fourth-order valence-corrected chi connectivity index (χ4v) is 8.78. The van der Waals surface area contributed by atoms with Crippen LogP contribution in [-0.4, -0.2) is 55.6 Å². The van der Waals surface area contributed by atoms with Crippen LogP contribution in [0.4, 0.5) is 5.69 Å². The molecule has 0 radical (unpaired) electrons. The maximum atomic E-state index is 13.5. The number of anilines is 1. The summed E-state index contributed by atoms with van der Waals surface area (Å²) in [6.45, 7) is 7.07. The number of nitrogens with zero attached hydrogens (tertiary/aromatic N) is 3. The first-order valence-corrected chi connectivity index (χ1v) is 18.8. The van der Waals surface area contributed by atoms with E-state index in [1.54, 1.807) is 39.2 Å². The van der Waals surface area contributed by atoms with E-state index in [0.717, 1.165) is 49.9 Å². The molecule has 10 nitrogen and oxygen atoms in total. The third-order valence-electron chi connectivity index (χ3n) is 10.5. The fraction of sp³-hybridized carbons (Fsp3) is 0.528. The van der Waals surface area contributed by atoms with Crippen LogP contribution in [0.2, 0.25) is 5.02 Å². The van der Waals surface area contributed by atoms with Crippen LogP contribution in [-0.2, 0) is 34.2 Å². The van der Waals surface area contributed by atoms with Gasteiger partial charge in [0, 0.05) is 37.7 Å². The largest absolute Gasteiger partial charge is 0.487 e. The van der Waals surface area contributed by atoms with Crippen LogP contribution in [0.25, 0.3) is 0 Å². The van der Waals surface area contributed by atoms with Crippen molar-refractivity contribution >= 4 is 33.2 Å². The van der Waals surface area contributed by atoms with Crippen molar-refractivity contribution in [3.05, 3.63) is 82.0 Å². The molecule has 3 aliphatic rings. The molecule has 5 atom stereocenters. The summed E-state index contributed by atoms with van der Waals surface area (Å²) in [5.74, 6) is 1.10. The monoisotopic (exact) mass is 696 g/mol. The number of benzene rings is 2. The highest BCUT2D eigenvalue weighted by molar-refractivity contribution is 7.90. The Balaban J connectivity index is 1.42. The number of aryl methyl sites for hydroxylation is 2. The van der Waals surface area contributed by atoms with E-state index in [1.165, 1.54) is 5.56 Å². The molecular weight excluding hydrogens is 652 g/mol. The number of hydrogen-bond acceptors (Lipinski definition) is 9. The zero-order valence-electron chi connectivity index (χ0n) is 28.1. The standard InChI is InChI=1S/C36H45ClN4O6S/c1-23-8-7-16-36(45-4,20-34-39-38-25(3)47-34)31-14-11-28(31)21-41-17-6-5-9-26-18-30(37)13-10-29(26)22-46-33-15-12-27(19-32(33)41)35(42)40-48(43,44)24(23)2/h7,10,12-13,15-16,18-19,23-24,28,31H,5-6,8-9,11,14,17,20-22H2,1-4H3,(H,40,42)/b16-7+/t23-,24+,28-,31+,36+/m0/s1. The summed E-state index contributed by atoms with van der Waals surface area (Å²) in [4.78, 5) is 15.8. The Kier molecular flexibility index (Phi) is 10.2. The molecule has 3 aromatic rings. The van der Waals surface area contributed by atoms with Crippen molar-refractivity contribution in [1.82, 2.24) is 14.9 Å². The summed E-state index contributed by atoms with van der Waals surface area (Å²) < 4.78 is 48.0. The molecule has 2 aromatic carbocycles. The molecule has 258 valence electrons. The van der Waals surface area contributed by atoms with Crippen LogP contribution in [0.15, 0.2) is 53.0 Å². The van der Waals surface area contributed by atoms with E-state index < -0.39 is 26.8 Å². The Morgan fingerprint density at radius 3 is 2.67 bits per heavy atom. The van der Waals surface area contributed by atoms with Gasteiger partial charge in [0.25, 0.3) is 5.91 Å². The molecule has 2 bridgehead atoms. The summed E-state index contributed by atoms with van der Waals surface area (Å²) in [6, 6.07) is 11.1. The topological polar surface area (TPSA) is 124 Å². The molecule has 1 aromatic heterocycles. The molecule has 1 aliphatic carbocycles. The third kappa shape index (κ3) is 7.28. The van der Waals surface area contributed by atoms with Crippen molar-refractivity contribution in [3.63, 3.8) is 0 Å². The molecule has 48 heavy (non-hydrogen) atoms. The minimum absolute atomic E-state index is 0.135. The average molecular weight is 697 g/mol. The molecule has 6 rings (SSSR count). The number of rotatable bonds is 3. The average Bonchev–Trinajstić information content (AvgIpc) is 3.44. The van der Waals surface area contributed by atoms with E-state index in [2.05, 4.69) is 25.9 Å². The highest BCUT2D eigenvalue weighted by Gasteiger charge is 2.48. The summed E-state index contributed by atoms with van der Waals surface area (Å²) in [6.07, 6.45) is 9.66. The number of sulfonamides is 1. The number of methoxy groups -OCH3 is 1.